The van der Waals surface area contributed by atoms with Crippen LogP contribution in [0.1, 0.15) is 12.8 Å². The highest BCUT2D eigenvalue weighted by atomic mass is 35.5. The smallest absolute Gasteiger partial charge is 0.243 e. The quantitative estimate of drug-likeness (QED) is 0.785. The Balaban J connectivity index is 1.80. The minimum atomic E-state index is -3.79. The summed E-state index contributed by atoms with van der Waals surface area (Å²) >= 11 is 11.9. The number of anilines is 1. The summed E-state index contributed by atoms with van der Waals surface area (Å²) in [6.45, 7) is 0.284. The van der Waals surface area contributed by atoms with Gasteiger partial charge < -0.3 is 10.1 Å². The van der Waals surface area contributed by atoms with Crippen LogP contribution in [0.25, 0.3) is 0 Å². The van der Waals surface area contributed by atoms with Crippen molar-refractivity contribution in [2.45, 2.75) is 23.8 Å². The van der Waals surface area contributed by atoms with Crippen molar-refractivity contribution < 1.29 is 17.9 Å². The molecule has 27 heavy (non-hydrogen) atoms. The topological polar surface area (TPSA) is 75.7 Å². The molecular formula is C18H18Cl2N2O4S. The van der Waals surface area contributed by atoms with E-state index in [2.05, 4.69) is 5.32 Å². The second-order valence-corrected chi connectivity index (χ2v) is 8.80. The van der Waals surface area contributed by atoms with E-state index in [4.69, 9.17) is 27.9 Å². The number of amides is 1. The van der Waals surface area contributed by atoms with Crippen LogP contribution in [0.5, 0.6) is 5.75 Å². The summed E-state index contributed by atoms with van der Waals surface area (Å²) in [4.78, 5) is 12.8. The molecule has 1 atom stereocenters. The molecule has 0 aliphatic carbocycles. The van der Waals surface area contributed by atoms with Crippen molar-refractivity contribution in [1.82, 2.24) is 4.31 Å². The molecule has 144 valence electrons. The van der Waals surface area contributed by atoms with Gasteiger partial charge in [0.25, 0.3) is 0 Å². The molecule has 0 spiro atoms. The molecule has 0 radical (unpaired) electrons. The average molecular weight is 429 g/mol. The number of hydrogen-bond donors (Lipinski definition) is 1. The Morgan fingerprint density at radius 2 is 1.89 bits per heavy atom. The monoisotopic (exact) mass is 428 g/mol. The molecule has 9 heteroatoms. The summed E-state index contributed by atoms with van der Waals surface area (Å²) in [6, 6.07) is 9.96. The van der Waals surface area contributed by atoms with Gasteiger partial charge >= 0.3 is 0 Å². The zero-order chi connectivity index (χ0) is 19.6. The number of hydrogen-bond acceptors (Lipinski definition) is 4. The first-order valence-corrected chi connectivity index (χ1v) is 10.4. The molecule has 1 amide bonds. The normalized spacial score (nSPS) is 17.7. The van der Waals surface area contributed by atoms with Gasteiger partial charge in [-0.2, -0.15) is 4.31 Å². The van der Waals surface area contributed by atoms with Crippen LogP contribution in [0, 0.1) is 0 Å². The molecule has 0 bridgehead atoms. The molecule has 0 aromatic heterocycles. The van der Waals surface area contributed by atoms with E-state index in [9.17, 15) is 13.2 Å². The minimum absolute atomic E-state index is 0.110. The van der Waals surface area contributed by atoms with Crippen LogP contribution in [-0.2, 0) is 14.8 Å². The third-order valence-electron chi connectivity index (χ3n) is 4.35. The highest BCUT2D eigenvalue weighted by molar-refractivity contribution is 7.89. The Hall–Kier alpha value is -1.80. The molecule has 0 saturated carbocycles. The molecule has 1 N–H and O–H groups in total. The number of rotatable bonds is 5. The van der Waals surface area contributed by atoms with Crippen molar-refractivity contribution in [3.63, 3.8) is 0 Å². The number of carbonyl (C=O) groups is 1. The first-order valence-electron chi connectivity index (χ1n) is 8.25. The zero-order valence-electron chi connectivity index (χ0n) is 14.5. The van der Waals surface area contributed by atoms with E-state index >= 15 is 0 Å². The Bertz CT molecular complexity index is 948. The van der Waals surface area contributed by atoms with Crippen LogP contribution in [0.2, 0.25) is 10.0 Å². The van der Waals surface area contributed by atoms with Gasteiger partial charge in [-0.1, -0.05) is 23.2 Å². The lowest BCUT2D eigenvalue weighted by molar-refractivity contribution is -0.119. The van der Waals surface area contributed by atoms with Crippen molar-refractivity contribution in [3.05, 3.63) is 52.5 Å². The van der Waals surface area contributed by atoms with Gasteiger partial charge in [-0.05, 0) is 55.3 Å². The van der Waals surface area contributed by atoms with Gasteiger partial charge in [0.2, 0.25) is 15.9 Å². The Morgan fingerprint density at radius 3 is 2.52 bits per heavy atom. The molecule has 6 nitrogen and oxygen atoms in total. The molecule has 2 aromatic rings. The van der Waals surface area contributed by atoms with E-state index in [1.54, 1.807) is 18.2 Å². The Labute approximate surface area is 168 Å². The number of halogens is 2. The number of ether oxygens (including phenoxy) is 1. The summed E-state index contributed by atoms with van der Waals surface area (Å²) in [6.07, 6.45) is 1.05. The second kappa shape index (κ2) is 8.06. The molecule has 1 aliphatic heterocycles. The molecule has 0 unspecified atom stereocenters. The van der Waals surface area contributed by atoms with E-state index in [1.165, 1.54) is 35.7 Å². The molecule has 3 rings (SSSR count). The Kier molecular flexibility index (Phi) is 5.95. The summed E-state index contributed by atoms with van der Waals surface area (Å²) in [7, 11) is -2.30. The van der Waals surface area contributed by atoms with Crippen molar-refractivity contribution >= 4 is 44.8 Å². The van der Waals surface area contributed by atoms with Crippen molar-refractivity contribution in [3.8, 4) is 5.75 Å². The summed E-state index contributed by atoms with van der Waals surface area (Å²) in [5.74, 6) is 0.0914. The van der Waals surface area contributed by atoms with Gasteiger partial charge in [0.1, 0.15) is 11.8 Å². The first-order chi connectivity index (χ1) is 12.8. The largest absolute Gasteiger partial charge is 0.495 e. The molecule has 1 saturated heterocycles. The van der Waals surface area contributed by atoms with Crippen molar-refractivity contribution in [1.29, 1.82) is 0 Å². The predicted octanol–water partition coefficient (Wildman–Crippen LogP) is 3.79. The minimum Gasteiger partial charge on any atom is -0.495 e. The van der Waals surface area contributed by atoms with E-state index in [0.29, 0.717) is 34.3 Å². The highest BCUT2D eigenvalue weighted by Crippen LogP contribution is 2.30. The second-order valence-electron chi connectivity index (χ2n) is 6.07. The van der Waals surface area contributed by atoms with Crippen LogP contribution in [0.3, 0.4) is 0 Å². The van der Waals surface area contributed by atoms with E-state index in [1.807, 2.05) is 0 Å². The van der Waals surface area contributed by atoms with Crippen LogP contribution in [-0.4, -0.2) is 38.3 Å². The number of nitrogens with one attached hydrogen (secondary N) is 1. The van der Waals surface area contributed by atoms with Gasteiger partial charge in [-0.3, -0.25) is 4.79 Å². The first kappa shape index (κ1) is 19.9. The van der Waals surface area contributed by atoms with Gasteiger partial charge in [0.05, 0.1) is 17.0 Å². The van der Waals surface area contributed by atoms with Crippen LogP contribution in [0.4, 0.5) is 5.69 Å². The molecule has 2 aromatic carbocycles. The Morgan fingerprint density at radius 1 is 1.19 bits per heavy atom. The third kappa shape index (κ3) is 4.21. The maximum atomic E-state index is 12.9. The maximum absolute atomic E-state index is 12.9. The molecule has 1 aliphatic rings. The van der Waals surface area contributed by atoms with Crippen LogP contribution >= 0.6 is 23.2 Å². The standard InChI is InChI=1S/C18H18Cl2N2O4S/c1-26-17-9-6-13(11-15(17)20)21-18(23)16-3-2-10-22(16)27(24,25)14-7-4-12(19)5-8-14/h4-9,11,16H,2-3,10H2,1H3,(H,21,23)/t16-/m1/s1. The lowest BCUT2D eigenvalue weighted by Gasteiger charge is -2.23. The van der Waals surface area contributed by atoms with Gasteiger partial charge in [-0.15, -0.1) is 0 Å². The zero-order valence-corrected chi connectivity index (χ0v) is 16.8. The number of carbonyl (C=O) groups excluding carboxylic acids is 1. The van der Waals surface area contributed by atoms with E-state index < -0.39 is 22.0 Å². The van der Waals surface area contributed by atoms with Gasteiger partial charge in [0.15, 0.2) is 0 Å². The SMILES string of the molecule is COc1ccc(NC(=O)[C@H]2CCCN2S(=O)(=O)c2ccc(Cl)cc2)cc1Cl. The summed E-state index contributed by atoms with van der Waals surface area (Å²) < 4.78 is 32.1. The summed E-state index contributed by atoms with van der Waals surface area (Å²) in [5.41, 5.74) is 0.474. The van der Waals surface area contributed by atoms with E-state index in [0.717, 1.165) is 0 Å². The number of sulfonamides is 1. The molecule has 1 heterocycles. The number of nitrogens with zero attached hydrogens (tertiary/aromatic N) is 1. The van der Waals surface area contributed by atoms with E-state index in [-0.39, 0.29) is 11.4 Å². The van der Waals surface area contributed by atoms with Crippen molar-refractivity contribution in [2.24, 2.45) is 0 Å². The van der Waals surface area contributed by atoms with Gasteiger partial charge in [0, 0.05) is 17.3 Å². The fourth-order valence-electron chi connectivity index (χ4n) is 3.00. The summed E-state index contributed by atoms with van der Waals surface area (Å²) in [5, 5.41) is 3.53. The fraction of sp³-hybridized carbons (Fsp3) is 0.278. The molecular weight excluding hydrogens is 411 g/mol. The third-order valence-corrected chi connectivity index (χ3v) is 6.82. The number of methoxy groups -OCH3 is 1. The van der Waals surface area contributed by atoms with Gasteiger partial charge in [-0.25, -0.2) is 8.42 Å². The fourth-order valence-corrected chi connectivity index (χ4v) is 5.04. The number of benzene rings is 2. The average Bonchev–Trinajstić information content (AvgIpc) is 3.13. The highest BCUT2D eigenvalue weighted by Gasteiger charge is 2.39. The van der Waals surface area contributed by atoms with Crippen molar-refractivity contribution in [2.75, 3.05) is 19.0 Å². The molecule has 1 fully saturated rings. The van der Waals surface area contributed by atoms with Crippen LogP contribution < -0.4 is 10.1 Å². The van der Waals surface area contributed by atoms with Crippen LogP contribution in [0.15, 0.2) is 47.4 Å². The maximum Gasteiger partial charge on any atom is 0.243 e. The predicted molar refractivity (Wildman–Crippen MR) is 105 cm³/mol. The lowest BCUT2D eigenvalue weighted by Crippen LogP contribution is -2.43. The lowest BCUT2D eigenvalue weighted by atomic mass is 10.2.